The van der Waals surface area contributed by atoms with Gasteiger partial charge in [-0.25, -0.2) is 4.79 Å². The normalized spacial score (nSPS) is 9.94. The molecule has 4 nitrogen and oxygen atoms in total. The van der Waals surface area contributed by atoms with Gasteiger partial charge in [0.2, 0.25) is 0 Å². The van der Waals surface area contributed by atoms with Crippen molar-refractivity contribution >= 4 is 21.9 Å². The van der Waals surface area contributed by atoms with Gasteiger partial charge in [-0.2, -0.15) is 0 Å². The summed E-state index contributed by atoms with van der Waals surface area (Å²) in [4.78, 5) is 11.1. The van der Waals surface area contributed by atoms with Crippen LogP contribution in [0.5, 0.6) is 5.75 Å². The van der Waals surface area contributed by atoms with Crippen molar-refractivity contribution in [1.29, 1.82) is 0 Å². The second-order valence-corrected chi connectivity index (χ2v) is 3.92. The van der Waals surface area contributed by atoms with Crippen molar-refractivity contribution in [3.05, 3.63) is 28.2 Å². The van der Waals surface area contributed by atoms with E-state index in [1.807, 2.05) is 12.1 Å². The van der Waals surface area contributed by atoms with Crippen LogP contribution >= 0.6 is 15.9 Å². The minimum atomic E-state index is -0.377. The number of hydrogen-bond donors (Lipinski definition) is 1. The standard InChI is InChI=1S/C11H14BrNO3/c1-2-15-11(14)7-16-10-4-3-8(6-13)5-9(10)12/h3-5H,2,6-7,13H2,1H3. The Bertz CT molecular complexity index is 368. The van der Waals surface area contributed by atoms with Crippen LogP contribution in [0.25, 0.3) is 0 Å². The molecule has 16 heavy (non-hydrogen) atoms. The van der Waals surface area contributed by atoms with Gasteiger partial charge in [0.05, 0.1) is 11.1 Å². The summed E-state index contributed by atoms with van der Waals surface area (Å²) in [6.45, 7) is 2.49. The van der Waals surface area contributed by atoms with Gasteiger partial charge in [0.15, 0.2) is 6.61 Å². The first kappa shape index (κ1) is 13.0. The summed E-state index contributed by atoms with van der Waals surface area (Å²) < 4.78 is 10.8. The molecular formula is C11H14BrNO3. The highest BCUT2D eigenvalue weighted by Crippen LogP contribution is 2.25. The number of nitrogens with two attached hydrogens (primary N) is 1. The zero-order valence-corrected chi connectivity index (χ0v) is 10.6. The van der Waals surface area contributed by atoms with E-state index in [1.54, 1.807) is 13.0 Å². The number of ether oxygens (including phenoxy) is 2. The van der Waals surface area contributed by atoms with Crippen LogP contribution in [0.2, 0.25) is 0 Å². The van der Waals surface area contributed by atoms with Crippen molar-refractivity contribution in [3.8, 4) is 5.75 Å². The summed E-state index contributed by atoms with van der Waals surface area (Å²) in [5.74, 6) is 0.225. The van der Waals surface area contributed by atoms with Crippen LogP contribution in [0.3, 0.4) is 0 Å². The van der Waals surface area contributed by atoms with Crippen LogP contribution in [-0.4, -0.2) is 19.2 Å². The van der Waals surface area contributed by atoms with E-state index in [-0.39, 0.29) is 12.6 Å². The summed E-state index contributed by atoms with van der Waals surface area (Å²) in [6, 6.07) is 5.48. The third-order valence-electron chi connectivity index (χ3n) is 1.88. The molecule has 0 bridgehead atoms. The molecule has 0 aliphatic heterocycles. The van der Waals surface area contributed by atoms with Crippen LogP contribution in [0, 0.1) is 0 Å². The summed E-state index contributed by atoms with van der Waals surface area (Å²) in [7, 11) is 0. The van der Waals surface area contributed by atoms with Gasteiger partial charge in [-0.05, 0) is 40.5 Å². The molecule has 0 heterocycles. The van der Waals surface area contributed by atoms with Gasteiger partial charge in [-0.15, -0.1) is 0 Å². The van der Waals surface area contributed by atoms with Crippen molar-refractivity contribution in [2.75, 3.05) is 13.2 Å². The fourth-order valence-corrected chi connectivity index (χ4v) is 1.67. The van der Waals surface area contributed by atoms with Crippen molar-refractivity contribution < 1.29 is 14.3 Å². The highest BCUT2D eigenvalue weighted by Gasteiger charge is 2.06. The Morgan fingerprint density at radius 1 is 1.50 bits per heavy atom. The SMILES string of the molecule is CCOC(=O)COc1ccc(CN)cc1Br. The van der Waals surface area contributed by atoms with Gasteiger partial charge < -0.3 is 15.2 Å². The Balaban J connectivity index is 2.57. The molecule has 0 spiro atoms. The van der Waals surface area contributed by atoms with Gasteiger partial charge in [-0.3, -0.25) is 0 Å². The highest BCUT2D eigenvalue weighted by atomic mass is 79.9. The van der Waals surface area contributed by atoms with E-state index in [2.05, 4.69) is 15.9 Å². The fourth-order valence-electron chi connectivity index (χ4n) is 1.13. The lowest BCUT2D eigenvalue weighted by molar-refractivity contribution is -0.145. The molecule has 0 amide bonds. The molecule has 0 radical (unpaired) electrons. The lowest BCUT2D eigenvalue weighted by Crippen LogP contribution is -2.14. The Morgan fingerprint density at radius 3 is 2.81 bits per heavy atom. The quantitative estimate of drug-likeness (QED) is 0.840. The average Bonchev–Trinajstić information content (AvgIpc) is 2.27. The number of carbonyl (C=O) groups excluding carboxylic acids is 1. The molecule has 0 unspecified atom stereocenters. The summed E-state index contributed by atoms with van der Waals surface area (Å²) in [5, 5.41) is 0. The molecule has 0 saturated heterocycles. The molecular weight excluding hydrogens is 274 g/mol. The molecule has 0 aromatic heterocycles. The maximum atomic E-state index is 11.1. The first-order valence-corrected chi connectivity index (χ1v) is 5.73. The Labute approximate surface area is 103 Å². The van der Waals surface area contributed by atoms with Crippen LogP contribution in [0.15, 0.2) is 22.7 Å². The number of carbonyl (C=O) groups is 1. The smallest absolute Gasteiger partial charge is 0.344 e. The monoisotopic (exact) mass is 287 g/mol. The van der Waals surface area contributed by atoms with Gasteiger partial charge in [0.25, 0.3) is 0 Å². The van der Waals surface area contributed by atoms with Gasteiger partial charge in [0, 0.05) is 6.54 Å². The number of halogens is 1. The molecule has 88 valence electrons. The summed E-state index contributed by atoms with van der Waals surface area (Å²) in [5.41, 5.74) is 6.49. The average molecular weight is 288 g/mol. The second kappa shape index (κ2) is 6.50. The summed E-state index contributed by atoms with van der Waals surface area (Å²) >= 11 is 3.34. The van der Waals surface area contributed by atoms with Crippen LogP contribution < -0.4 is 10.5 Å². The van der Waals surface area contributed by atoms with E-state index in [9.17, 15) is 4.79 Å². The molecule has 0 fully saturated rings. The van der Waals surface area contributed by atoms with E-state index >= 15 is 0 Å². The van der Waals surface area contributed by atoms with Crippen molar-refractivity contribution in [3.63, 3.8) is 0 Å². The highest BCUT2D eigenvalue weighted by molar-refractivity contribution is 9.10. The molecule has 0 atom stereocenters. The fraction of sp³-hybridized carbons (Fsp3) is 0.364. The van der Waals surface area contributed by atoms with E-state index in [0.29, 0.717) is 18.9 Å². The molecule has 1 rings (SSSR count). The largest absolute Gasteiger partial charge is 0.481 e. The topological polar surface area (TPSA) is 61.5 Å². The van der Waals surface area contributed by atoms with Gasteiger partial charge in [0.1, 0.15) is 5.75 Å². The first-order valence-electron chi connectivity index (χ1n) is 4.94. The predicted octanol–water partition coefficient (Wildman–Crippen LogP) is 1.85. The lowest BCUT2D eigenvalue weighted by atomic mass is 10.2. The minimum Gasteiger partial charge on any atom is -0.481 e. The lowest BCUT2D eigenvalue weighted by Gasteiger charge is -2.08. The Hall–Kier alpha value is -1.07. The number of rotatable bonds is 5. The van der Waals surface area contributed by atoms with Crippen molar-refractivity contribution in [2.45, 2.75) is 13.5 Å². The molecule has 1 aromatic rings. The summed E-state index contributed by atoms with van der Waals surface area (Å²) in [6.07, 6.45) is 0. The van der Waals surface area contributed by atoms with Gasteiger partial charge in [-0.1, -0.05) is 6.07 Å². The molecule has 2 N–H and O–H groups in total. The van der Waals surface area contributed by atoms with E-state index in [4.69, 9.17) is 15.2 Å². The molecule has 0 saturated carbocycles. The molecule has 1 aromatic carbocycles. The molecule has 0 aliphatic rings. The molecule has 5 heteroatoms. The van der Waals surface area contributed by atoms with Crippen LogP contribution in [0.1, 0.15) is 12.5 Å². The third kappa shape index (κ3) is 3.83. The van der Waals surface area contributed by atoms with E-state index in [0.717, 1.165) is 10.0 Å². The third-order valence-corrected chi connectivity index (χ3v) is 2.50. The Kier molecular flexibility index (Phi) is 5.28. The first-order chi connectivity index (χ1) is 7.67. The number of esters is 1. The second-order valence-electron chi connectivity index (χ2n) is 3.06. The zero-order chi connectivity index (χ0) is 12.0. The van der Waals surface area contributed by atoms with E-state index in [1.165, 1.54) is 0 Å². The number of hydrogen-bond acceptors (Lipinski definition) is 4. The van der Waals surface area contributed by atoms with Crippen LogP contribution in [-0.2, 0) is 16.1 Å². The van der Waals surface area contributed by atoms with Crippen molar-refractivity contribution in [1.82, 2.24) is 0 Å². The maximum Gasteiger partial charge on any atom is 0.344 e. The maximum absolute atomic E-state index is 11.1. The predicted molar refractivity (Wildman–Crippen MR) is 64.2 cm³/mol. The molecule has 0 aliphatic carbocycles. The van der Waals surface area contributed by atoms with Gasteiger partial charge >= 0.3 is 5.97 Å². The van der Waals surface area contributed by atoms with Crippen LogP contribution in [0.4, 0.5) is 0 Å². The zero-order valence-electron chi connectivity index (χ0n) is 9.03. The minimum absolute atomic E-state index is 0.0889. The Morgan fingerprint density at radius 2 is 2.25 bits per heavy atom. The van der Waals surface area contributed by atoms with Crippen molar-refractivity contribution in [2.24, 2.45) is 5.73 Å². The van der Waals surface area contributed by atoms with E-state index < -0.39 is 0 Å². The number of benzene rings is 1.